The average Bonchev–Trinajstić information content (AvgIpc) is 2.42. The fourth-order valence-corrected chi connectivity index (χ4v) is 1.93. The molecule has 8 heteroatoms. The van der Waals surface area contributed by atoms with E-state index in [1.807, 2.05) is 31.1 Å². The summed E-state index contributed by atoms with van der Waals surface area (Å²) in [6.45, 7) is 0. The molecule has 0 radical (unpaired) electrons. The van der Waals surface area contributed by atoms with Gasteiger partial charge in [0.05, 0.1) is 5.02 Å². The number of hydrogen-bond acceptors (Lipinski definition) is 6. The van der Waals surface area contributed by atoms with Crippen molar-refractivity contribution in [2.75, 3.05) is 36.7 Å². The first-order valence-electron chi connectivity index (χ1n) is 5.83. The molecule has 6 nitrogen and oxygen atoms in total. The Hall–Kier alpha value is -1.60. The summed E-state index contributed by atoms with van der Waals surface area (Å²) in [5.74, 6) is 1.53. The van der Waals surface area contributed by atoms with Crippen LogP contribution in [0.25, 0.3) is 0 Å². The van der Waals surface area contributed by atoms with Crippen LogP contribution in [0.15, 0.2) is 22.7 Å². The van der Waals surface area contributed by atoms with Gasteiger partial charge in [-0.25, -0.2) is 0 Å². The quantitative estimate of drug-likeness (QED) is 0.876. The first-order chi connectivity index (χ1) is 9.49. The zero-order valence-corrected chi connectivity index (χ0v) is 13.6. The van der Waals surface area contributed by atoms with Crippen LogP contribution < -0.4 is 15.5 Å². The lowest BCUT2D eigenvalue weighted by Gasteiger charge is -2.13. The second kappa shape index (κ2) is 6.23. The Labute approximate surface area is 130 Å². The third-order valence-corrected chi connectivity index (χ3v) is 3.64. The van der Waals surface area contributed by atoms with E-state index in [1.54, 1.807) is 13.1 Å². The lowest BCUT2D eigenvalue weighted by Crippen LogP contribution is -2.15. The third kappa shape index (κ3) is 3.49. The zero-order chi connectivity index (χ0) is 14.7. The second-order valence-corrected chi connectivity index (χ2v) is 5.44. The Kier molecular flexibility index (Phi) is 4.61. The van der Waals surface area contributed by atoms with Crippen molar-refractivity contribution in [3.63, 3.8) is 0 Å². The van der Waals surface area contributed by atoms with E-state index in [0.29, 0.717) is 22.9 Å². The Balaban J connectivity index is 2.32. The molecule has 0 aliphatic heterocycles. The molecule has 0 saturated heterocycles. The van der Waals surface area contributed by atoms with Crippen LogP contribution in [-0.4, -0.2) is 36.1 Å². The van der Waals surface area contributed by atoms with E-state index < -0.39 is 0 Å². The number of hydrogen-bond donors (Lipinski definition) is 2. The first-order valence-corrected chi connectivity index (χ1v) is 7.00. The van der Waals surface area contributed by atoms with E-state index in [9.17, 15) is 0 Å². The molecule has 1 aromatic carbocycles. The fraction of sp³-hybridized carbons (Fsp3) is 0.250. The molecule has 106 valence electrons. The molecular weight excluding hydrogens is 344 g/mol. The van der Waals surface area contributed by atoms with Crippen LogP contribution in [0.5, 0.6) is 0 Å². The summed E-state index contributed by atoms with van der Waals surface area (Å²) in [6, 6.07) is 5.51. The van der Waals surface area contributed by atoms with E-state index in [2.05, 4.69) is 41.5 Å². The summed E-state index contributed by atoms with van der Waals surface area (Å²) in [5, 5.41) is 6.68. The Morgan fingerprint density at radius 1 is 1.15 bits per heavy atom. The predicted octanol–water partition coefficient (Wildman–Crippen LogP) is 3.14. The smallest absolute Gasteiger partial charge is 0.233 e. The summed E-state index contributed by atoms with van der Waals surface area (Å²) >= 11 is 9.35. The van der Waals surface area contributed by atoms with Crippen molar-refractivity contribution in [3.8, 4) is 0 Å². The highest BCUT2D eigenvalue weighted by molar-refractivity contribution is 9.10. The van der Waals surface area contributed by atoms with Gasteiger partial charge < -0.3 is 15.5 Å². The highest BCUT2D eigenvalue weighted by Crippen LogP contribution is 2.27. The van der Waals surface area contributed by atoms with Crippen LogP contribution in [0, 0.1) is 0 Å². The van der Waals surface area contributed by atoms with Crippen LogP contribution in [0.1, 0.15) is 0 Å². The number of rotatable bonds is 4. The standard InChI is InChI=1S/C12H14BrClN6/c1-15-10-17-11(19-12(18-10)20(2)3)16-7-4-5-9(14)8(13)6-7/h4-6H,1-3H3,(H2,15,16,17,18,19). The van der Waals surface area contributed by atoms with Gasteiger partial charge in [-0.3, -0.25) is 0 Å². The van der Waals surface area contributed by atoms with Crippen molar-refractivity contribution in [3.05, 3.63) is 27.7 Å². The molecule has 2 N–H and O–H groups in total. The van der Waals surface area contributed by atoms with Crippen LogP contribution in [0.3, 0.4) is 0 Å². The summed E-state index contributed by atoms with van der Waals surface area (Å²) in [5.41, 5.74) is 0.833. The Morgan fingerprint density at radius 2 is 1.85 bits per heavy atom. The molecule has 0 aliphatic carbocycles. The van der Waals surface area contributed by atoms with E-state index >= 15 is 0 Å². The molecule has 1 aromatic heterocycles. The second-order valence-electron chi connectivity index (χ2n) is 4.18. The number of nitrogens with zero attached hydrogens (tertiary/aromatic N) is 4. The lowest BCUT2D eigenvalue weighted by atomic mass is 10.3. The number of benzene rings is 1. The van der Waals surface area contributed by atoms with E-state index in [4.69, 9.17) is 11.6 Å². The highest BCUT2D eigenvalue weighted by atomic mass is 79.9. The topological polar surface area (TPSA) is 66.0 Å². The maximum absolute atomic E-state index is 5.97. The minimum Gasteiger partial charge on any atom is -0.357 e. The molecule has 0 amide bonds. The monoisotopic (exact) mass is 356 g/mol. The molecule has 0 fully saturated rings. The molecule has 0 saturated carbocycles. The van der Waals surface area contributed by atoms with Gasteiger partial charge in [-0.15, -0.1) is 0 Å². The molecular formula is C12H14BrClN6. The van der Waals surface area contributed by atoms with Gasteiger partial charge in [0.2, 0.25) is 17.8 Å². The SMILES string of the molecule is CNc1nc(Nc2ccc(Cl)c(Br)c2)nc(N(C)C)n1. The summed E-state index contributed by atoms with van der Waals surface area (Å²) in [7, 11) is 5.51. The van der Waals surface area contributed by atoms with Crippen molar-refractivity contribution in [2.24, 2.45) is 0 Å². The fourth-order valence-electron chi connectivity index (χ4n) is 1.44. The molecule has 20 heavy (non-hydrogen) atoms. The van der Waals surface area contributed by atoms with Gasteiger partial charge in [0.1, 0.15) is 0 Å². The number of nitrogens with one attached hydrogen (secondary N) is 2. The van der Waals surface area contributed by atoms with Gasteiger partial charge in [-0.1, -0.05) is 11.6 Å². The van der Waals surface area contributed by atoms with Crippen LogP contribution in [-0.2, 0) is 0 Å². The number of aromatic nitrogens is 3. The lowest BCUT2D eigenvalue weighted by molar-refractivity contribution is 0.963. The number of halogens is 2. The van der Waals surface area contributed by atoms with E-state index in [0.717, 1.165) is 10.2 Å². The maximum atomic E-state index is 5.97. The molecule has 0 spiro atoms. The summed E-state index contributed by atoms with van der Waals surface area (Å²) in [6.07, 6.45) is 0. The van der Waals surface area contributed by atoms with Crippen molar-refractivity contribution < 1.29 is 0 Å². The first kappa shape index (κ1) is 14.8. The third-order valence-electron chi connectivity index (χ3n) is 2.42. The van der Waals surface area contributed by atoms with Crippen molar-refractivity contribution >= 4 is 51.1 Å². The summed E-state index contributed by atoms with van der Waals surface area (Å²) in [4.78, 5) is 14.7. The zero-order valence-electron chi connectivity index (χ0n) is 11.3. The van der Waals surface area contributed by atoms with Gasteiger partial charge in [-0.2, -0.15) is 15.0 Å². The van der Waals surface area contributed by atoms with Gasteiger partial charge in [-0.05, 0) is 34.1 Å². The number of anilines is 4. The van der Waals surface area contributed by atoms with Gasteiger partial charge in [0.15, 0.2) is 0 Å². The largest absolute Gasteiger partial charge is 0.357 e. The van der Waals surface area contributed by atoms with Crippen molar-refractivity contribution in [2.45, 2.75) is 0 Å². The molecule has 0 aliphatic rings. The predicted molar refractivity (Wildman–Crippen MR) is 86.1 cm³/mol. The van der Waals surface area contributed by atoms with Crippen molar-refractivity contribution in [1.29, 1.82) is 0 Å². The molecule has 0 bridgehead atoms. The van der Waals surface area contributed by atoms with E-state index in [1.165, 1.54) is 0 Å². The molecule has 0 atom stereocenters. The van der Waals surface area contributed by atoms with Gasteiger partial charge >= 0.3 is 0 Å². The molecule has 2 rings (SSSR count). The molecule has 1 heterocycles. The van der Waals surface area contributed by atoms with Crippen molar-refractivity contribution in [1.82, 2.24) is 15.0 Å². The molecule has 2 aromatic rings. The van der Waals surface area contributed by atoms with Crippen LogP contribution >= 0.6 is 27.5 Å². The Bertz CT molecular complexity index is 619. The normalized spacial score (nSPS) is 10.2. The Morgan fingerprint density at radius 3 is 2.45 bits per heavy atom. The summed E-state index contributed by atoms with van der Waals surface area (Å²) < 4.78 is 0.805. The van der Waals surface area contributed by atoms with Crippen LogP contribution in [0.2, 0.25) is 5.02 Å². The molecule has 0 unspecified atom stereocenters. The van der Waals surface area contributed by atoms with Gasteiger partial charge in [0.25, 0.3) is 0 Å². The van der Waals surface area contributed by atoms with Crippen LogP contribution in [0.4, 0.5) is 23.5 Å². The minimum absolute atomic E-state index is 0.460. The minimum atomic E-state index is 0.460. The maximum Gasteiger partial charge on any atom is 0.233 e. The van der Waals surface area contributed by atoms with E-state index in [-0.39, 0.29) is 0 Å². The van der Waals surface area contributed by atoms with Gasteiger partial charge in [0, 0.05) is 31.3 Å². The average molecular weight is 358 g/mol. The highest BCUT2D eigenvalue weighted by Gasteiger charge is 2.08.